The lowest BCUT2D eigenvalue weighted by molar-refractivity contribution is 0.139. The predicted octanol–water partition coefficient (Wildman–Crippen LogP) is 3.45. The Morgan fingerprint density at radius 2 is 1.86 bits per heavy atom. The van der Waals surface area contributed by atoms with Gasteiger partial charge in [0.15, 0.2) is 0 Å². The predicted molar refractivity (Wildman–Crippen MR) is 56.8 cm³/mol. The van der Waals surface area contributed by atoms with Crippen LogP contribution in [-0.4, -0.2) is 19.5 Å². The second kappa shape index (κ2) is 7.16. The number of halogens is 2. The molecule has 0 amide bonds. The minimum Gasteiger partial charge on any atom is -0.311 e. The summed E-state index contributed by atoms with van der Waals surface area (Å²) in [4.78, 5) is 0. The second-order valence-electron chi connectivity index (χ2n) is 4.64. The van der Waals surface area contributed by atoms with E-state index in [1.165, 1.54) is 19.3 Å². The Morgan fingerprint density at radius 3 is 2.36 bits per heavy atom. The topological polar surface area (TPSA) is 12.0 Å². The summed E-state index contributed by atoms with van der Waals surface area (Å²) in [7, 11) is 0. The van der Waals surface area contributed by atoms with Crippen molar-refractivity contribution in [3.8, 4) is 0 Å². The molecular weight excluding hydrogens is 184 g/mol. The zero-order chi connectivity index (χ0) is 11.0. The Hall–Kier alpha value is -0.180. The van der Waals surface area contributed by atoms with Gasteiger partial charge in [0.05, 0.1) is 6.54 Å². The Balaban J connectivity index is 3.50. The monoisotopic (exact) mass is 207 g/mol. The van der Waals surface area contributed by atoms with E-state index in [4.69, 9.17) is 0 Å². The van der Waals surface area contributed by atoms with Crippen LogP contribution in [-0.2, 0) is 0 Å². The molecule has 0 spiro atoms. The maximum atomic E-state index is 11.9. The van der Waals surface area contributed by atoms with E-state index in [2.05, 4.69) is 26.1 Å². The molecule has 0 fully saturated rings. The van der Waals surface area contributed by atoms with Crippen LogP contribution in [0, 0.1) is 5.41 Å². The van der Waals surface area contributed by atoms with Crippen LogP contribution in [0.4, 0.5) is 8.78 Å². The number of hydrogen-bond donors (Lipinski definition) is 1. The minimum absolute atomic E-state index is 0.143. The first-order valence-corrected chi connectivity index (χ1v) is 5.47. The van der Waals surface area contributed by atoms with E-state index < -0.39 is 6.43 Å². The summed E-state index contributed by atoms with van der Waals surface area (Å²) >= 11 is 0. The molecule has 0 atom stereocenters. The molecule has 0 aromatic rings. The van der Waals surface area contributed by atoms with Crippen LogP contribution in [0.2, 0.25) is 0 Å². The van der Waals surface area contributed by atoms with E-state index in [1.54, 1.807) is 0 Å². The van der Waals surface area contributed by atoms with Crippen molar-refractivity contribution >= 4 is 0 Å². The summed E-state index contributed by atoms with van der Waals surface area (Å²) in [6, 6.07) is 0. The van der Waals surface area contributed by atoms with Gasteiger partial charge in [0.25, 0.3) is 6.43 Å². The molecule has 0 aliphatic heterocycles. The van der Waals surface area contributed by atoms with E-state index in [-0.39, 0.29) is 12.0 Å². The summed E-state index contributed by atoms with van der Waals surface area (Å²) in [5, 5.41) is 2.80. The molecule has 0 aromatic carbocycles. The van der Waals surface area contributed by atoms with Gasteiger partial charge < -0.3 is 5.32 Å². The number of nitrogens with one attached hydrogen (secondary N) is 1. The Labute approximate surface area is 86.3 Å². The molecule has 1 nitrogen and oxygen atoms in total. The lowest BCUT2D eigenvalue weighted by atomic mass is 9.87. The van der Waals surface area contributed by atoms with Gasteiger partial charge in [-0.3, -0.25) is 0 Å². The highest BCUT2D eigenvalue weighted by molar-refractivity contribution is 4.71. The quantitative estimate of drug-likeness (QED) is 0.601. The molecule has 14 heavy (non-hydrogen) atoms. The summed E-state index contributed by atoms with van der Waals surface area (Å²) in [5.74, 6) is 0. The van der Waals surface area contributed by atoms with Crippen molar-refractivity contribution in [2.45, 2.75) is 52.9 Å². The number of alkyl halides is 2. The summed E-state index contributed by atoms with van der Waals surface area (Å²) in [6.07, 6.45) is 2.51. The van der Waals surface area contributed by atoms with Crippen LogP contribution in [0.3, 0.4) is 0 Å². The first-order valence-electron chi connectivity index (χ1n) is 5.47. The average molecular weight is 207 g/mol. The SMILES string of the molecule is CCCCCC(C)(C)CNCC(F)F. The van der Waals surface area contributed by atoms with E-state index in [1.807, 2.05) is 0 Å². The Kier molecular flexibility index (Phi) is 7.06. The van der Waals surface area contributed by atoms with Gasteiger partial charge in [0.2, 0.25) is 0 Å². The maximum Gasteiger partial charge on any atom is 0.250 e. The van der Waals surface area contributed by atoms with E-state index >= 15 is 0 Å². The third kappa shape index (κ3) is 8.42. The largest absolute Gasteiger partial charge is 0.311 e. The molecule has 3 heteroatoms. The van der Waals surface area contributed by atoms with Crippen molar-refractivity contribution in [2.24, 2.45) is 5.41 Å². The lowest BCUT2D eigenvalue weighted by Gasteiger charge is -2.24. The van der Waals surface area contributed by atoms with E-state index in [9.17, 15) is 8.78 Å². The first kappa shape index (κ1) is 13.8. The van der Waals surface area contributed by atoms with Crippen molar-refractivity contribution in [3.05, 3.63) is 0 Å². The number of hydrogen-bond acceptors (Lipinski definition) is 1. The molecule has 0 aliphatic carbocycles. The standard InChI is InChI=1S/C11H23F2N/c1-4-5-6-7-11(2,3)9-14-8-10(12)13/h10,14H,4-9H2,1-3H3. The van der Waals surface area contributed by atoms with Gasteiger partial charge in [-0.25, -0.2) is 8.78 Å². The first-order chi connectivity index (χ1) is 6.48. The Bertz CT molecular complexity index is 135. The highest BCUT2D eigenvalue weighted by Gasteiger charge is 2.17. The smallest absolute Gasteiger partial charge is 0.250 e. The zero-order valence-corrected chi connectivity index (χ0v) is 9.58. The van der Waals surface area contributed by atoms with Crippen molar-refractivity contribution in [3.63, 3.8) is 0 Å². The van der Waals surface area contributed by atoms with Gasteiger partial charge in [-0.1, -0.05) is 40.0 Å². The maximum absolute atomic E-state index is 11.9. The lowest BCUT2D eigenvalue weighted by Crippen LogP contribution is -2.32. The van der Waals surface area contributed by atoms with E-state index in [0.717, 1.165) is 6.42 Å². The summed E-state index contributed by atoms with van der Waals surface area (Å²) < 4.78 is 23.7. The molecule has 0 saturated heterocycles. The number of rotatable bonds is 8. The van der Waals surface area contributed by atoms with Gasteiger partial charge in [-0.15, -0.1) is 0 Å². The van der Waals surface area contributed by atoms with Gasteiger partial charge in [-0.05, 0) is 11.8 Å². The molecule has 86 valence electrons. The van der Waals surface area contributed by atoms with Crippen LogP contribution >= 0.6 is 0 Å². The normalized spacial score (nSPS) is 12.4. The minimum atomic E-state index is -2.23. The third-order valence-electron chi connectivity index (χ3n) is 2.36. The fraction of sp³-hybridized carbons (Fsp3) is 1.00. The van der Waals surface area contributed by atoms with Gasteiger partial charge in [-0.2, -0.15) is 0 Å². The molecule has 0 bridgehead atoms. The van der Waals surface area contributed by atoms with Gasteiger partial charge >= 0.3 is 0 Å². The summed E-state index contributed by atoms with van der Waals surface area (Å²) in [5.41, 5.74) is 0.143. The van der Waals surface area contributed by atoms with Crippen molar-refractivity contribution in [1.29, 1.82) is 0 Å². The highest BCUT2D eigenvalue weighted by Crippen LogP contribution is 2.22. The van der Waals surface area contributed by atoms with Crippen LogP contribution in [0.1, 0.15) is 46.5 Å². The molecule has 0 radical (unpaired) electrons. The van der Waals surface area contributed by atoms with Gasteiger partial charge in [0.1, 0.15) is 0 Å². The van der Waals surface area contributed by atoms with E-state index in [0.29, 0.717) is 6.54 Å². The molecule has 0 unspecified atom stereocenters. The van der Waals surface area contributed by atoms with Crippen molar-refractivity contribution in [1.82, 2.24) is 5.32 Å². The summed E-state index contributed by atoms with van der Waals surface area (Å²) in [6.45, 7) is 6.92. The van der Waals surface area contributed by atoms with Crippen LogP contribution < -0.4 is 5.32 Å². The molecule has 0 aromatic heterocycles. The van der Waals surface area contributed by atoms with Gasteiger partial charge in [0, 0.05) is 6.54 Å². The average Bonchev–Trinajstić information content (AvgIpc) is 2.03. The van der Waals surface area contributed by atoms with Crippen LogP contribution in [0.25, 0.3) is 0 Å². The highest BCUT2D eigenvalue weighted by atomic mass is 19.3. The fourth-order valence-electron chi connectivity index (χ4n) is 1.46. The third-order valence-corrected chi connectivity index (χ3v) is 2.36. The van der Waals surface area contributed by atoms with Crippen LogP contribution in [0.15, 0.2) is 0 Å². The molecule has 1 N–H and O–H groups in total. The Morgan fingerprint density at radius 1 is 1.21 bits per heavy atom. The molecule has 0 aliphatic rings. The molecule has 0 rings (SSSR count). The fourth-order valence-corrected chi connectivity index (χ4v) is 1.46. The molecule has 0 heterocycles. The number of unbranched alkanes of at least 4 members (excludes halogenated alkanes) is 2. The van der Waals surface area contributed by atoms with Crippen molar-refractivity contribution < 1.29 is 8.78 Å². The van der Waals surface area contributed by atoms with Crippen molar-refractivity contribution in [2.75, 3.05) is 13.1 Å². The zero-order valence-electron chi connectivity index (χ0n) is 9.58. The molecule has 0 saturated carbocycles. The molecular formula is C11H23F2N. The van der Waals surface area contributed by atoms with Crippen LogP contribution in [0.5, 0.6) is 0 Å². The second-order valence-corrected chi connectivity index (χ2v) is 4.64.